The van der Waals surface area contributed by atoms with E-state index in [1.165, 1.54) is 12.3 Å². The number of aromatic amines is 2. The molecular weight excluding hydrogens is 233 g/mol. The van der Waals surface area contributed by atoms with Gasteiger partial charge in [0, 0.05) is 5.02 Å². The Balaban J connectivity index is 2.67. The van der Waals surface area contributed by atoms with Crippen molar-refractivity contribution in [2.45, 2.75) is 0 Å². The standard InChI is InChI=1S/C10H5ClFN3O/c11-4-1-5-8(7(12)2-4)14-10-6(9(5)16)3-13-15-10/h1-3H,(H2,13,14,15,16). The SMILES string of the molecule is O=c1c2cn[nH]c2[nH]c2c(F)cc(Cl)cc12. The molecule has 2 aromatic heterocycles. The lowest BCUT2D eigenvalue weighted by Crippen LogP contribution is -2.04. The molecule has 0 saturated carbocycles. The third-order valence-electron chi connectivity index (χ3n) is 2.43. The molecule has 6 heteroatoms. The first-order valence-electron chi connectivity index (χ1n) is 4.51. The van der Waals surface area contributed by atoms with E-state index in [0.717, 1.165) is 6.07 Å². The van der Waals surface area contributed by atoms with Crippen LogP contribution in [0.1, 0.15) is 0 Å². The first-order chi connectivity index (χ1) is 7.66. The Morgan fingerprint density at radius 3 is 2.94 bits per heavy atom. The number of hydrogen-bond acceptors (Lipinski definition) is 2. The van der Waals surface area contributed by atoms with Gasteiger partial charge >= 0.3 is 0 Å². The molecule has 0 aliphatic rings. The Bertz CT molecular complexity index is 762. The summed E-state index contributed by atoms with van der Waals surface area (Å²) in [5.41, 5.74) is 0.240. The second kappa shape index (κ2) is 3.05. The predicted octanol–water partition coefficient (Wildman–Crippen LogP) is 2.20. The highest BCUT2D eigenvalue weighted by Crippen LogP contribution is 2.20. The largest absolute Gasteiger partial charge is 0.337 e. The molecule has 3 rings (SSSR count). The lowest BCUT2D eigenvalue weighted by Gasteiger charge is -2.00. The molecule has 0 saturated heterocycles. The maximum absolute atomic E-state index is 13.6. The quantitative estimate of drug-likeness (QED) is 0.630. The van der Waals surface area contributed by atoms with Gasteiger partial charge in [0.1, 0.15) is 11.5 Å². The third kappa shape index (κ3) is 1.15. The van der Waals surface area contributed by atoms with Crippen LogP contribution in [-0.2, 0) is 0 Å². The highest BCUT2D eigenvalue weighted by Gasteiger charge is 2.10. The molecule has 80 valence electrons. The summed E-state index contributed by atoms with van der Waals surface area (Å²) in [4.78, 5) is 14.7. The molecule has 2 heterocycles. The van der Waals surface area contributed by atoms with Crippen LogP contribution in [0.2, 0.25) is 5.02 Å². The summed E-state index contributed by atoms with van der Waals surface area (Å²) in [6.45, 7) is 0. The number of hydrogen-bond donors (Lipinski definition) is 2. The van der Waals surface area contributed by atoms with Crippen molar-refractivity contribution in [3.8, 4) is 0 Å². The minimum atomic E-state index is -0.559. The van der Waals surface area contributed by atoms with E-state index in [2.05, 4.69) is 15.2 Å². The van der Waals surface area contributed by atoms with Crippen molar-refractivity contribution in [2.24, 2.45) is 0 Å². The molecule has 0 aliphatic heterocycles. The summed E-state index contributed by atoms with van der Waals surface area (Å²) in [5.74, 6) is -0.559. The maximum atomic E-state index is 13.6. The molecule has 0 bridgehead atoms. The first-order valence-corrected chi connectivity index (χ1v) is 4.89. The number of pyridine rings is 1. The van der Waals surface area contributed by atoms with E-state index in [1.54, 1.807) is 0 Å². The number of benzene rings is 1. The third-order valence-corrected chi connectivity index (χ3v) is 2.65. The molecule has 1 aromatic carbocycles. The molecule has 16 heavy (non-hydrogen) atoms. The number of aromatic nitrogens is 3. The highest BCUT2D eigenvalue weighted by molar-refractivity contribution is 6.31. The monoisotopic (exact) mass is 237 g/mol. The number of halogens is 2. The van der Waals surface area contributed by atoms with Crippen LogP contribution in [0.3, 0.4) is 0 Å². The Labute approximate surface area is 93.0 Å². The summed E-state index contributed by atoms with van der Waals surface area (Å²) in [7, 11) is 0. The van der Waals surface area contributed by atoms with Crippen LogP contribution >= 0.6 is 11.6 Å². The molecule has 0 spiro atoms. The smallest absolute Gasteiger partial charge is 0.200 e. The van der Waals surface area contributed by atoms with Gasteiger partial charge in [-0.3, -0.25) is 9.89 Å². The van der Waals surface area contributed by atoms with Crippen molar-refractivity contribution >= 4 is 33.5 Å². The van der Waals surface area contributed by atoms with E-state index in [9.17, 15) is 9.18 Å². The Kier molecular flexibility index (Phi) is 1.79. The highest BCUT2D eigenvalue weighted by atomic mass is 35.5. The van der Waals surface area contributed by atoms with E-state index < -0.39 is 5.82 Å². The van der Waals surface area contributed by atoms with Gasteiger partial charge in [-0.25, -0.2) is 4.39 Å². The van der Waals surface area contributed by atoms with Crippen molar-refractivity contribution in [1.82, 2.24) is 15.2 Å². The summed E-state index contributed by atoms with van der Waals surface area (Å²) >= 11 is 5.70. The van der Waals surface area contributed by atoms with Crippen molar-refractivity contribution in [3.63, 3.8) is 0 Å². The minimum Gasteiger partial charge on any atom is -0.337 e. The van der Waals surface area contributed by atoms with Crippen LogP contribution in [0.5, 0.6) is 0 Å². The van der Waals surface area contributed by atoms with Gasteiger partial charge in [0.15, 0.2) is 0 Å². The van der Waals surface area contributed by atoms with E-state index in [1.807, 2.05) is 0 Å². The van der Waals surface area contributed by atoms with Crippen molar-refractivity contribution in [3.05, 3.63) is 39.4 Å². The lowest BCUT2D eigenvalue weighted by molar-refractivity contribution is 0.637. The number of rotatable bonds is 0. The minimum absolute atomic E-state index is 0.131. The molecule has 3 aromatic rings. The molecule has 4 nitrogen and oxygen atoms in total. The van der Waals surface area contributed by atoms with Gasteiger partial charge in [0.25, 0.3) is 0 Å². The lowest BCUT2D eigenvalue weighted by atomic mass is 10.2. The van der Waals surface area contributed by atoms with E-state index in [0.29, 0.717) is 11.0 Å². The van der Waals surface area contributed by atoms with Gasteiger partial charge in [-0.1, -0.05) is 11.6 Å². The van der Waals surface area contributed by atoms with Crippen LogP contribution < -0.4 is 5.43 Å². The molecule has 0 atom stereocenters. The van der Waals surface area contributed by atoms with Crippen LogP contribution in [0.25, 0.3) is 21.9 Å². The fourth-order valence-corrected chi connectivity index (χ4v) is 1.91. The number of nitrogens with zero attached hydrogens (tertiary/aromatic N) is 1. The van der Waals surface area contributed by atoms with Crippen LogP contribution in [0.4, 0.5) is 4.39 Å². The molecule has 0 unspecified atom stereocenters. The summed E-state index contributed by atoms with van der Waals surface area (Å²) in [5, 5.41) is 7.11. The fourth-order valence-electron chi connectivity index (χ4n) is 1.70. The van der Waals surface area contributed by atoms with Gasteiger partial charge in [0.2, 0.25) is 5.43 Å². The molecule has 0 aliphatic carbocycles. The van der Waals surface area contributed by atoms with Crippen molar-refractivity contribution in [1.29, 1.82) is 0 Å². The van der Waals surface area contributed by atoms with Gasteiger partial charge < -0.3 is 4.98 Å². The average Bonchev–Trinajstić information content (AvgIpc) is 2.68. The second-order valence-corrected chi connectivity index (χ2v) is 3.86. The number of H-pyrrole nitrogens is 2. The molecule has 0 amide bonds. The van der Waals surface area contributed by atoms with Crippen LogP contribution in [0, 0.1) is 5.82 Å². The predicted molar refractivity (Wildman–Crippen MR) is 59.2 cm³/mol. The molecule has 2 N–H and O–H groups in total. The molecular formula is C10H5ClFN3O. The number of fused-ring (bicyclic) bond motifs is 2. The zero-order chi connectivity index (χ0) is 11.3. The zero-order valence-corrected chi connectivity index (χ0v) is 8.60. The van der Waals surface area contributed by atoms with Gasteiger partial charge in [-0.2, -0.15) is 5.10 Å². The summed E-state index contributed by atoms with van der Waals surface area (Å²) in [6, 6.07) is 2.59. The van der Waals surface area contributed by atoms with Gasteiger partial charge in [-0.15, -0.1) is 0 Å². The number of nitrogens with one attached hydrogen (secondary N) is 2. The van der Waals surface area contributed by atoms with Crippen molar-refractivity contribution in [2.75, 3.05) is 0 Å². The fraction of sp³-hybridized carbons (Fsp3) is 0. The molecule has 0 fully saturated rings. The summed E-state index contributed by atoms with van der Waals surface area (Å²) < 4.78 is 13.6. The van der Waals surface area contributed by atoms with E-state index in [4.69, 9.17) is 11.6 Å². The first kappa shape index (κ1) is 9.35. The normalized spacial score (nSPS) is 11.4. The van der Waals surface area contributed by atoms with Crippen molar-refractivity contribution < 1.29 is 4.39 Å². The second-order valence-electron chi connectivity index (χ2n) is 3.42. The van der Waals surface area contributed by atoms with E-state index in [-0.39, 0.29) is 21.4 Å². The maximum Gasteiger partial charge on any atom is 0.200 e. The van der Waals surface area contributed by atoms with Crippen LogP contribution in [0.15, 0.2) is 23.1 Å². The van der Waals surface area contributed by atoms with E-state index >= 15 is 0 Å². The van der Waals surface area contributed by atoms with Gasteiger partial charge in [0.05, 0.1) is 22.5 Å². The summed E-state index contributed by atoms with van der Waals surface area (Å²) in [6.07, 6.45) is 1.40. The average molecular weight is 238 g/mol. The zero-order valence-electron chi connectivity index (χ0n) is 7.84. The Morgan fingerprint density at radius 1 is 1.31 bits per heavy atom. The molecule has 0 radical (unpaired) electrons. The Morgan fingerprint density at radius 2 is 2.12 bits per heavy atom. The topological polar surface area (TPSA) is 61.5 Å². The van der Waals surface area contributed by atoms with Crippen LogP contribution in [-0.4, -0.2) is 15.2 Å². The Hall–Kier alpha value is -1.88. The van der Waals surface area contributed by atoms with Gasteiger partial charge in [-0.05, 0) is 12.1 Å².